The summed E-state index contributed by atoms with van der Waals surface area (Å²) in [6.45, 7) is 9.13. The number of aromatic nitrogens is 3. The summed E-state index contributed by atoms with van der Waals surface area (Å²) in [6, 6.07) is 2.07. The molecule has 0 amide bonds. The first kappa shape index (κ1) is 15.2. The van der Waals surface area contributed by atoms with Gasteiger partial charge in [-0.25, -0.2) is 0 Å². The Morgan fingerprint density at radius 1 is 1.35 bits per heavy atom. The number of rotatable bonds is 6. The van der Waals surface area contributed by atoms with Crippen molar-refractivity contribution in [3.05, 3.63) is 46.0 Å². The third-order valence-electron chi connectivity index (χ3n) is 3.02. The van der Waals surface area contributed by atoms with E-state index in [0.717, 1.165) is 35.4 Å². The Morgan fingerprint density at radius 2 is 2.15 bits per heavy atom. The van der Waals surface area contributed by atoms with E-state index in [-0.39, 0.29) is 0 Å². The predicted octanol–water partition coefficient (Wildman–Crippen LogP) is 3.14. The largest absolute Gasteiger partial charge is 0.312 e. The molecule has 2 heterocycles. The smallest absolute Gasteiger partial charge is 0.0674 e. The third-order valence-corrected chi connectivity index (χ3v) is 3.46. The van der Waals surface area contributed by atoms with Gasteiger partial charge in [-0.1, -0.05) is 13.8 Å². The first-order valence-corrected chi connectivity index (χ1v) is 7.67. The van der Waals surface area contributed by atoms with E-state index in [9.17, 15) is 0 Å². The molecule has 2 rings (SSSR count). The number of pyridine rings is 1. The standard InChI is InChI=1S/C15H21BrN4/c1-11(2)5-17-7-14-10-20(19-12(14)3)9-13-4-15(16)8-18-6-13/h4,6,8,10-11,17H,5,7,9H2,1-3H3. The van der Waals surface area contributed by atoms with Gasteiger partial charge in [-0.3, -0.25) is 9.67 Å². The summed E-state index contributed by atoms with van der Waals surface area (Å²) in [7, 11) is 0. The molecule has 0 aliphatic carbocycles. The second kappa shape index (κ2) is 6.99. The van der Waals surface area contributed by atoms with Crippen molar-refractivity contribution >= 4 is 15.9 Å². The molecule has 4 nitrogen and oxygen atoms in total. The molecule has 1 N–H and O–H groups in total. The van der Waals surface area contributed by atoms with Gasteiger partial charge in [0.1, 0.15) is 0 Å². The summed E-state index contributed by atoms with van der Waals surface area (Å²) in [5, 5.41) is 8.02. The molecule has 0 aromatic carbocycles. The predicted molar refractivity (Wildman–Crippen MR) is 84.5 cm³/mol. The molecule has 0 unspecified atom stereocenters. The van der Waals surface area contributed by atoms with E-state index in [4.69, 9.17) is 0 Å². The fourth-order valence-electron chi connectivity index (χ4n) is 2.04. The van der Waals surface area contributed by atoms with Crippen LogP contribution in [0.1, 0.15) is 30.7 Å². The SMILES string of the molecule is Cc1nn(Cc2cncc(Br)c2)cc1CNCC(C)C. The summed E-state index contributed by atoms with van der Waals surface area (Å²) < 4.78 is 2.98. The van der Waals surface area contributed by atoms with Crippen LogP contribution in [-0.2, 0) is 13.1 Å². The van der Waals surface area contributed by atoms with Crippen LogP contribution in [0.25, 0.3) is 0 Å². The van der Waals surface area contributed by atoms with Gasteiger partial charge in [0.25, 0.3) is 0 Å². The fraction of sp³-hybridized carbons (Fsp3) is 0.467. The highest BCUT2D eigenvalue weighted by molar-refractivity contribution is 9.10. The molecule has 2 aromatic heterocycles. The second-order valence-corrected chi connectivity index (χ2v) is 6.39. The van der Waals surface area contributed by atoms with E-state index >= 15 is 0 Å². The van der Waals surface area contributed by atoms with Crippen molar-refractivity contribution < 1.29 is 0 Å². The summed E-state index contributed by atoms with van der Waals surface area (Å²) in [5.74, 6) is 0.665. The van der Waals surface area contributed by atoms with Gasteiger partial charge < -0.3 is 5.32 Å². The van der Waals surface area contributed by atoms with Crippen molar-refractivity contribution in [2.24, 2.45) is 5.92 Å². The normalized spacial score (nSPS) is 11.2. The lowest BCUT2D eigenvalue weighted by atomic mass is 10.2. The monoisotopic (exact) mass is 336 g/mol. The lowest BCUT2D eigenvalue weighted by Crippen LogP contribution is -2.19. The maximum Gasteiger partial charge on any atom is 0.0674 e. The maximum absolute atomic E-state index is 4.57. The molecular formula is C15H21BrN4. The first-order valence-electron chi connectivity index (χ1n) is 6.87. The minimum absolute atomic E-state index is 0.665. The number of aryl methyl sites for hydroxylation is 1. The van der Waals surface area contributed by atoms with Gasteiger partial charge in [-0.15, -0.1) is 0 Å². The van der Waals surface area contributed by atoms with Gasteiger partial charge in [0.15, 0.2) is 0 Å². The third kappa shape index (κ3) is 4.42. The topological polar surface area (TPSA) is 42.7 Å². The minimum atomic E-state index is 0.665. The quantitative estimate of drug-likeness (QED) is 0.881. The first-order chi connectivity index (χ1) is 9.54. The van der Waals surface area contributed by atoms with Crippen LogP contribution in [0.2, 0.25) is 0 Å². The number of nitrogens with zero attached hydrogens (tertiary/aromatic N) is 3. The summed E-state index contributed by atoms with van der Waals surface area (Å²) in [6.07, 6.45) is 5.78. The van der Waals surface area contributed by atoms with E-state index < -0.39 is 0 Å². The fourth-order valence-corrected chi connectivity index (χ4v) is 2.45. The number of halogens is 1. The minimum Gasteiger partial charge on any atom is -0.312 e. The van der Waals surface area contributed by atoms with E-state index in [0.29, 0.717) is 5.92 Å². The zero-order chi connectivity index (χ0) is 14.5. The molecule has 0 saturated heterocycles. The zero-order valence-electron chi connectivity index (χ0n) is 12.2. The number of hydrogen-bond donors (Lipinski definition) is 1. The summed E-state index contributed by atoms with van der Waals surface area (Å²) >= 11 is 3.44. The molecule has 0 fully saturated rings. The van der Waals surface area contributed by atoms with Gasteiger partial charge >= 0.3 is 0 Å². The van der Waals surface area contributed by atoms with E-state index in [1.54, 1.807) is 6.20 Å². The van der Waals surface area contributed by atoms with Gasteiger partial charge in [0, 0.05) is 35.2 Å². The molecule has 0 aliphatic heterocycles. The van der Waals surface area contributed by atoms with Crippen LogP contribution >= 0.6 is 15.9 Å². The molecule has 0 radical (unpaired) electrons. The Balaban J connectivity index is 2.00. The Morgan fingerprint density at radius 3 is 2.85 bits per heavy atom. The van der Waals surface area contributed by atoms with Crippen LogP contribution in [0, 0.1) is 12.8 Å². The Hall–Kier alpha value is -1.20. The van der Waals surface area contributed by atoms with Crippen molar-refractivity contribution in [2.75, 3.05) is 6.54 Å². The van der Waals surface area contributed by atoms with Crippen LogP contribution in [0.3, 0.4) is 0 Å². The average molecular weight is 337 g/mol. The molecule has 0 atom stereocenters. The van der Waals surface area contributed by atoms with Gasteiger partial charge in [0.05, 0.1) is 12.2 Å². The lowest BCUT2D eigenvalue weighted by Gasteiger charge is -2.06. The Bertz CT molecular complexity index is 563. The molecule has 2 aromatic rings. The Labute approximate surface area is 128 Å². The van der Waals surface area contributed by atoms with Crippen LogP contribution in [0.15, 0.2) is 29.1 Å². The molecule has 0 bridgehead atoms. The number of hydrogen-bond acceptors (Lipinski definition) is 3. The van der Waals surface area contributed by atoms with Crippen molar-refractivity contribution in [1.29, 1.82) is 0 Å². The molecule has 0 aliphatic rings. The molecule has 108 valence electrons. The van der Waals surface area contributed by atoms with Gasteiger partial charge in [-0.2, -0.15) is 5.10 Å². The molecule has 0 saturated carbocycles. The maximum atomic E-state index is 4.57. The summed E-state index contributed by atoms with van der Waals surface area (Å²) in [5.41, 5.74) is 3.49. The molecular weight excluding hydrogens is 316 g/mol. The van der Waals surface area contributed by atoms with Crippen LogP contribution in [-0.4, -0.2) is 21.3 Å². The highest BCUT2D eigenvalue weighted by Gasteiger charge is 2.06. The van der Waals surface area contributed by atoms with Gasteiger partial charge in [-0.05, 0) is 46.9 Å². The van der Waals surface area contributed by atoms with Crippen LogP contribution in [0.4, 0.5) is 0 Å². The highest BCUT2D eigenvalue weighted by Crippen LogP contribution is 2.12. The molecule has 20 heavy (non-hydrogen) atoms. The average Bonchev–Trinajstić information content (AvgIpc) is 2.69. The molecule has 0 spiro atoms. The highest BCUT2D eigenvalue weighted by atomic mass is 79.9. The summed E-state index contributed by atoms with van der Waals surface area (Å²) in [4.78, 5) is 4.18. The zero-order valence-corrected chi connectivity index (χ0v) is 13.8. The van der Waals surface area contributed by atoms with Crippen molar-refractivity contribution in [1.82, 2.24) is 20.1 Å². The van der Waals surface area contributed by atoms with Crippen molar-refractivity contribution in [2.45, 2.75) is 33.9 Å². The van der Waals surface area contributed by atoms with Gasteiger partial charge in [0.2, 0.25) is 0 Å². The van der Waals surface area contributed by atoms with Crippen molar-refractivity contribution in [3.8, 4) is 0 Å². The van der Waals surface area contributed by atoms with Crippen LogP contribution in [0.5, 0.6) is 0 Å². The molecule has 5 heteroatoms. The van der Waals surface area contributed by atoms with Crippen molar-refractivity contribution in [3.63, 3.8) is 0 Å². The lowest BCUT2D eigenvalue weighted by molar-refractivity contribution is 0.551. The van der Waals surface area contributed by atoms with Crippen LogP contribution < -0.4 is 5.32 Å². The Kier molecular flexibility index (Phi) is 5.31. The second-order valence-electron chi connectivity index (χ2n) is 5.47. The number of nitrogens with one attached hydrogen (secondary N) is 1. The van der Waals surface area contributed by atoms with E-state index in [1.807, 2.05) is 10.9 Å². The van der Waals surface area contributed by atoms with E-state index in [1.165, 1.54) is 5.56 Å². The van der Waals surface area contributed by atoms with E-state index in [2.05, 4.69) is 64.4 Å².